The van der Waals surface area contributed by atoms with Gasteiger partial charge in [-0.2, -0.15) is 0 Å². The summed E-state index contributed by atoms with van der Waals surface area (Å²) in [5.74, 6) is -0.0323. The molecule has 1 aliphatic heterocycles. The third-order valence-electron chi connectivity index (χ3n) is 4.72. The van der Waals surface area contributed by atoms with Gasteiger partial charge in [-0.1, -0.05) is 0 Å². The number of ether oxygens (including phenoxy) is 1. The quantitative estimate of drug-likeness (QED) is 0.910. The van der Waals surface area contributed by atoms with Crippen LogP contribution in [0.25, 0.3) is 10.9 Å². The van der Waals surface area contributed by atoms with Crippen molar-refractivity contribution in [2.24, 2.45) is 0 Å². The van der Waals surface area contributed by atoms with Crippen molar-refractivity contribution >= 4 is 16.8 Å². The Morgan fingerprint density at radius 1 is 1.39 bits per heavy atom. The van der Waals surface area contributed by atoms with E-state index in [2.05, 4.69) is 36.1 Å². The summed E-state index contributed by atoms with van der Waals surface area (Å²) in [5.41, 5.74) is 4.11. The number of nitrogens with zero attached hydrogens (tertiary/aromatic N) is 1. The largest absolute Gasteiger partial charge is 0.375 e. The number of hydrogen-bond acceptors (Lipinski definition) is 3. The van der Waals surface area contributed by atoms with E-state index in [1.54, 1.807) is 0 Å². The maximum atomic E-state index is 12.6. The SMILES string of the molecule is CCO[C@H]1CN(C)C[C@@H]1NC(=O)c1ccc2[nH]c(C)c(C)c2c1. The Kier molecular flexibility index (Phi) is 4.41. The Bertz CT molecular complexity index is 722. The lowest BCUT2D eigenvalue weighted by Crippen LogP contribution is -2.43. The Labute approximate surface area is 137 Å². The smallest absolute Gasteiger partial charge is 0.251 e. The van der Waals surface area contributed by atoms with Crippen LogP contribution in [0.1, 0.15) is 28.5 Å². The number of nitrogens with one attached hydrogen (secondary N) is 2. The Balaban J connectivity index is 1.79. The molecule has 2 N–H and O–H groups in total. The first-order valence-electron chi connectivity index (χ1n) is 8.19. The van der Waals surface area contributed by atoms with Crippen molar-refractivity contribution in [1.29, 1.82) is 0 Å². The monoisotopic (exact) mass is 315 g/mol. The summed E-state index contributed by atoms with van der Waals surface area (Å²) in [7, 11) is 2.05. The summed E-state index contributed by atoms with van der Waals surface area (Å²) < 4.78 is 5.75. The zero-order chi connectivity index (χ0) is 16.6. The minimum absolute atomic E-state index is 0.0323. The molecule has 1 saturated heterocycles. The number of likely N-dealkylation sites (tertiary alicyclic amines) is 1. The summed E-state index contributed by atoms with van der Waals surface area (Å²) in [6, 6.07) is 5.86. The lowest BCUT2D eigenvalue weighted by molar-refractivity contribution is 0.0513. The number of amides is 1. The summed E-state index contributed by atoms with van der Waals surface area (Å²) in [6.07, 6.45) is 0.0638. The molecule has 124 valence electrons. The zero-order valence-corrected chi connectivity index (χ0v) is 14.3. The highest BCUT2D eigenvalue weighted by atomic mass is 16.5. The van der Waals surface area contributed by atoms with Crippen LogP contribution in [-0.4, -0.2) is 54.7 Å². The molecule has 2 heterocycles. The van der Waals surface area contributed by atoms with Crippen molar-refractivity contribution in [3.63, 3.8) is 0 Å². The topological polar surface area (TPSA) is 57.4 Å². The van der Waals surface area contributed by atoms with Crippen molar-refractivity contribution in [1.82, 2.24) is 15.2 Å². The average molecular weight is 315 g/mol. The number of carbonyl (C=O) groups excluding carboxylic acids is 1. The molecule has 1 fully saturated rings. The van der Waals surface area contributed by atoms with Gasteiger partial charge in [0, 0.05) is 41.9 Å². The van der Waals surface area contributed by atoms with E-state index in [1.165, 1.54) is 5.56 Å². The van der Waals surface area contributed by atoms with Crippen LogP contribution in [0, 0.1) is 13.8 Å². The number of aromatic nitrogens is 1. The number of rotatable bonds is 4. The first kappa shape index (κ1) is 16.0. The van der Waals surface area contributed by atoms with Crippen molar-refractivity contribution in [2.45, 2.75) is 32.9 Å². The molecule has 0 saturated carbocycles. The van der Waals surface area contributed by atoms with Crippen molar-refractivity contribution < 1.29 is 9.53 Å². The van der Waals surface area contributed by atoms with E-state index < -0.39 is 0 Å². The molecule has 5 heteroatoms. The first-order valence-corrected chi connectivity index (χ1v) is 8.19. The molecule has 3 rings (SSSR count). The van der Waals surface area contributed by atoms with Gasteiger partial charge >= 0.3 is 0 Å². The molecule has 1 amide bonds. The third-order valence-corrected chi connectivity index (χ3v) is 4.72. The van der Waals surface area contributed by atoms with Gasteiger partial charge in [0.05, 0.1) is 12.1 Å². The van der Waals surface area contributed by atoms with E-state index in [-0.39, 0.29) is 18.1 Å². The number of likely N-dealkylation sites (N-methyl/N-ethyl adjacent to an activating group) is 1. The first-order chi connectivity index (χ1) is 11.0. The minimum atomic E-state index is -0.0323. The Morgan fingerprint density at radius 2 is 2.17 bits per heavy atom. The van der Waals surface area contributed by atoms with Crippen LogP contribution < -0.4 is 5.32 Å². The van der Waals surface area contributed by atoms with Gasteiger partial charge in [0.25, 0.3) is 5.91 Å². The highest BCUT2D eigenvalue weighted by Gasteiger charge is 2.32. The number of aromatic amines is 1. The van der Waals surface area contributed by atoms with Gasteiger partial charge in [0.2, 0.25) is 0 Å². The predicted molar refractivity (Wildman–Crippen MR) is 91.9 cm³/mol. The number of hydrogen-bond donors (Lipinski definition) is 2. The van der Waals surface area contributed by atoms with E-state index in [1.807, 2.05) is 25.1 Å². The van der Waals surface area contributed by atoms with Crippen molar-refractivity contribution in [3.8, 4) is 0 Å². The summed E-state index contributed by atoms with van der Waals surface area (Å²) >= 11 is 0. The molecule has 0 spiro atoms. The van der Waals surface area contributed by atoms with E-state index >= 15 is 0 Å². The lowest BCUT2D eigenvalue weighted by atomic mass is 10.1. The van der Waals surface area contributed by atoms with Crippen molar-refractivity contribution in [2.75, 3.05) is 26.7 Å². The fourth-order valence-electron chi connectivity index (χ4n) is 3.34. The van der Waals surface area contributed by atoms with E-state index in [0.717, 1.165) is 29.7 Å². The number of carbonyl (C=O) groups is 1. The van der Waals surface area contributed by atoms with Gasteiger partial charge in [-0.15, -0.1) is 0 Å². The fourth-order valence-corrected chi connectivity index (χ4v) is 3.34. The summed E-state index contributed by atoms with van der Waals surface area (Å²) in [5, 5.41) is 4.25. The number of fused-ring (bicyclic) bond motifs is 1. The third kappa shape index (κ3) is 3.12. The van der Waals surface area contributed by atoms with Crippen molar-refractivity contribution in [3.05, 3.63) is 35.0 Å². The van der Waals surface area contributed by atoms with Crippen LogP contribution in [0.2, 0.25) is 0 Å². The van der Waals surface area contributed by atoms with Crippen LogP contribution in [0.5, 0.6) is 0 Å². The normalized spacial score (nSPS) is 21.9. The zero-order valence-electron chi connectivity index (χ0n) is 14.3. The molecule has 0 unspecified atom stereocenters. The standard InChI is InChI=1S/C18H25N3O2/c1-5-23-17-10-21(4)9-16(17)20-18(22)13-6-7-15-14(8-13)11(2)12(3)19-15/h6-8,16-17,19H,5,9-10H2,1-4H3,(H,20,22)/t16-,17-/m0/s1. The molecular formula is C18H25N3O2. The molecular weight excluding hydrogens is 290 g/mol. The second-order valence-corrected chi connectivity index (χ2v) is 6.43. The number of aryl methyl sites for hydroxylation is 2. The molecule has 1 aromatic carbocycles. The van der Waals surface area contributed by atoms with Gasteiger partial charge in [0.1, 0.15) is 0 Å². The van der Waals surface area contributed by atoms with E-state index in [0.29, 0.717) is 12.2 Å². The van der Waals surface area contributed by atoms with Crippen LogP contribution >= 0.6 is 0 Å². The molecule has 5 nitrogen and oxygen atoms in total. The second-order valence-electron chi connectivity index (χ2n) is 6.43. The highest BCUT2D eigenvalue weighted by Crippen LogP contribution is 2.22. The highest BCUT2D eigenvalue weighted by molar-refractivity contribution is 5.99. The number of H-pyrrole nitrogens is 1. The van der Waals surface area contributed by atoms with Crippen LogP contribution in [0.4, 0.5) is 0 Å². The van der Waals surface area contributed by atoms with Gasteiger partial charge in [0.15, 0.2) is 0 Å². The van der Waals surface area contributed by atoms with Gasteiger partial charge < -0.3 is 19.9 Å². The summed E-state index contributed by atoms with van der Waals surface area (Å²) in [4.78, 5) is 18.1. The lowest BCUT2D eigenvalue weighted by Gasteiger charge is -2.19. The maximum Gasteiger partial charge on any atom is 0.251 e. The summed E-state index contributed by atoms with van der Waals surface area (Å²) in [6.45, 7) is 8.46. The maximum absolute atomic E-state index is 12.6. The van der Waals surface area contributed by atoms with E-state index in [9.17, 15) is 4.79 Å². The fraction of sp³-hybridized carbons (Fsp3) is 0.500. The van der Waals surface area contributed by atoms with Crippen LogP contribution in [0.15, 0.2) is 18.2 Å². The minimum Gasteiger partial charge on any atom is -0.375 e. The van der Waals surface area contributed by atoms with Gasteiger partial charge in [-0.3, -0.25) is 4.79 Å². The molecule has 2 atom stereocenters. The molecule has 1 aromatic heterocycles. The second kappa shape index (κ2) is 6.34. The Morgan fingerprint density at radius 3 is 2.91 bits per heavy atom. The molecule has 1 aliphatic rings. The van der Waals surface area contributed by atoms with Gasteiger partial charge in [-0.05, 0) is 51.6 Å². The van der Waals surface area contributed by atoms with E-state index in [4.69, 9.17) is 4.74 Å². The molecule has 23 heavy (non-hydrogen) atoms. The molecule has 0 radical (unpaired) electrons. The average Bonchev–Trinajstić information content (AvgIpc) is 3.00. The predicted octanol–water partition coefficient (Wildman–Crippen LogP) is 2.23. The molecule has 2 aromatic rings. The molecule has 0 aliphatic carbocycles. The van der Waals surface area contributed by atoms with Gasteiger partial charge in [-0.25, -0.2) is 0 Å². The van der Waals surface area contributed by atoms with Crippen LogP contribution in [0.3, 0.4) is 0 Å². The molecule has 0 bridgehead atoms. The Hall–Kier alpha value is -1.85. The van der Waals surface area contributed by atoms with Crippen LogP contribution in [-0.2, 0) is 4.74 Å². The number of benzene rings is 1.